The Balaban J connectivity index is 1.98. The highest BCUT2D eigenvalue weighted by atomic mass is 16.5. The molecule has 0 aliphatic rings. The van der Waals surface area contributed by atoms with Crippen LogP contribution in [0.25, 0.3) is 17.2 Å². The summed E-state index contributed by atoms with van der Waals surface area (Å²) in [6, 6.07) is 5.60. The average Bonchev–Trinajstić information content (AvgIpc) is 2.93. The number of aromatic nitrogens is 4. The summed E-state index contributed by atoms with van der Waals surface area (Å²) in [6.07, 6.45) is 3.31. The molecule has 0 aliphatic carbocycles. The van der Waals surface area contributed by atoms with Gasteiger partial charge in [0.1, 0.15) is 17.8 Å². The lowest BCUT2D eigenvalue weighted by Crippen LogP contribution is -1.99. The van der Waals surface area contributed by atoms with E-state index < -0.39 is 5.97 Å². The lowest BCUT2D eigenvalue weighted by atomic mass is 10.4. The Labute approximate surface area is 101 Å². The van der Waals surface area contributed by atoms with Crippen molar-refractivity contribution in [3.8, 4) is 11.5 Å². The van der Waals surface area contributed by atoms with Gasteiger partial charge in [-0.1, -0.05) is 11.2 Å². The van der Waals surface area contributed by atoms with Gasteiger partial charge in [-0.3, -0.25) is 4.79 Å². The van der Waals surface area contributed by atoms with E-state index in [-0.39, 0.29) is 18.1 Å². The smallest absolute Gasteiger partial charge is 0.312 e. The van der Waals surface area contributed by atoms with Crippen molar-refractivity contribution in [1.29, 1.82) is 0 Å². The summed E-state index contributed by atoms with van der Waals surface area (Å²) < 4.78 is 6.66. The zero-order chi connectivity index (χ0) is 12.5. The highest BCUT2D eigenvalue weighted by Gasteiger charge is 2.13. The fraction of sp³-hybridized carbons (Fsp3) is 0.0909. The van der Waals surface area contributed by atoms with E-state index in [4.69, 9.17) is 9.63 Å². The number of fused-ring (bicyclic) bond motifs is 1. The lowest BCUT2D eigenvalue weighted by Gasteiger charge is -1.86. The van der Waals surface area contributed by atoms with Crippen molar-refractivity contribution >= 4 is 11.6 Å². The van der Waals surface area contributed by atoms with Gasteiger partial charge in [0.05, 0.1) is 0 Å². The molecular formula is C11H8N4O3. The van der Waals surface area contributed by atoms with E-state index in [0.717, 1.165) is 5.65 Å². The van der Waals surface area contributed by atoms with E-state index >= 15 is 0 Å². The topological polar surface area (TPSA) is 93.5 Å². The van der Waals surface area contributed by atoms with Crippen LogP contribution in [-0.2, 0) is 11.2 Å². The predicted octanol–water partition coefficient (Wildman–Crippen LogP) is 1.01. The molecule has 0 aliphatic heterocycles. The zero-order valence-electron chi connectivity index (χ0n) is 9.15. The van der Waals surface area contributed by atoms with Crippen LogP contribution in [-0.4, -0.2) is 30.6 Å². The maximum absolute atomic E-state index is 10.5. The Hall–Kier alpha value is -2.70. The minimum absolute atomic E-state index is 0.0644. The van der Waals surface area contributed by atoms with Gasteiger partial charge in [-0.2, -0.15) is 4.98 Å². The Morgan fingerprint density at radius 3 is 3.06 bits per heavy atom. The molecule has 3 aromatic rings. The van der Waals surface area contributed by atoms with Crippen molar-refractivity contribution in [1.82, 2.24) is 19.5 Å². The third-order valence-corrected chi connectivity index (χ3v) is 2.36. The molecule has 7 nitrogen and oxygen atoms in total. The Kier molecular flexibility index (Phi) is 2.30. The molecular weight excluding hydrogens is 236 g/mol. The van der Waals surface area contributed by atoms with Crippen molar-refractivity contribution in [2.45, 2.75) is 6.42 Å². The number of hydrogen-bond donors (Lipinski definition) is 1. The van der Waals surface area contributed by atoms with Gasteiger partial charge in [-0.25, -0.2) is 4.98 Å². The molecule has 90 valence electrons. The van der Waals surface area contributed by atoms with Crippen LogP contribution in [0.5, 0.6) is 0 Å². The minimum Gasteiger partial charge on any atom is -0.481 e. The van der Waals surface area contributed by atoms with E-state index in [0.29, 0.717) is 5.69 Å². The standard InChI is InChI=1S/C11H8N4O3/c16-10(17)5-9-13-11(14-18-9)7-6-15-4-2-1-3-8(15)12-7/h1-4,6H,5H2,(H,16,17). The van der Waals surface area contributed by atoms with E-state index in [2.05, 4.69) is 15.1 Å². The van der Waals surface area contributed by atoms with Crippen LogP contribution in [0.3, 0.4) is 0 Å². The van der Waals surface area contributed by atoms with Gasteiger partial charge in [0.25, 0.3) is 0 Å². The summed E-state index contributed by atoms with van der Waals surface area (Å²) in [6.45, 7) is 0. The highest BCUT2D eigenvalue weighted by molar-refractivity contribution is 5.69. The van der Waals surface area contributed by atoms with Crippen LogP contribution in [0.4, 0.5) is 0 Å². The van der Waals surface area contributed by atoms with Gasteiger partial charge in [-0.15, -0.1) is 0 Å². The van der Waals surface area contributed by atoms with Crippen molar-refractivity contribution in [2.75, 3.05) is 0 Å². The van der Waals surface area contributed by atoms with Crippen molar-refractivity contribution in [3.05, 3.63) is 36.5 Å². The van der Waals surface area contributed by atoms with Gasteiger partial charge in [0.15, 0.2) is 0 Å². The molecule has 0 aromatic carbocycles. The fourth-order valence-corrected chi connectivity index (χ4v) is 1.60. The second-order valence-corrected chi connectivity index (χ2v) is 3.67. The van der Waals surface area contributed by atoms with Crippen LogP contribution >= 0.6 is 0 Å². The Morgan fingerprint density at radius 1 is 1.39 bits per heavy atom. The molecule has 0 spiro atoms. The summed E-state index contributed by atoms with van der Waals surface area (Å²) in [4.78, 5) is 18.8. The molecule has 3 aromatic heterocycles. The number of imidazole rings is 1. The molecule has 3 rings (SSSR count). The first-order valence-electron chi connectivity index (χ1n) is 5.21. The number of rotatable bonds is 3. The van der Waals surface area contributed by atoms with Gasteiger partial charge in [0, 0.05) is 12.4 Å². The van der Waals surface area contributed by atoms with Crippen LogP contribution < -0.4 is 0 Å². The fourth-order valence-electron chi connectivity index (χ4n) is 1.60. The molecule has 0 unspecified atom stereocenters. The number of aliphatic carboxylic acids is 1. The largest absolute Gasteiger partial charge is 0.481 e. The number of carboxylic acids is 1. The van der Waals surface area contributed by atoms with E-state index in [9.17, 15) is 4.79 Å². The first kappa shape index (κ1) is 10.5. The molecule has 0 fully saturated rings. The molecule has 18 heavy (non-hydrogen) atoms. The summed E-state index contributed by atoms with van der Waals surface area (Å²) in [5.74, 6) is -0.662. The lowest BCUT2D eigenvalue weighted by molar-refractivity contribution is -0.136. The number of carbonyl (C=O) groups is 1. The summed E-state index contributed by atoms with van der Waals surface area (Å²) in [7, 11) is 0. The van der Waals surface area contributed by atoms with Crippen LogP contribution in [0.1, 0.15) is 5.89 Å². The summed E-state index contributed by atoms with van der Waals surface area (Å²) in [5.41, 5.74) is 1.30. The Morgan fingerprint density at radius 2 is 2.28 bits per heavy atom. The van der Waals surface area contributed by atoms with Gasteiger partial charge < -0.3 is 14.0 Å². The molecule has 1 N–H and O–H groups in total. The number of pyridine rings is 1. The van der Waals surface area contributed by atoms with E-state index in [1.165, 1.54) is 0 Å². The van der Waals surface area contributed by atoms with Crippen LogP contribution in [0.2, 0.25) is 0 Å². The first-order chi connectivity index (χ1) is 8.72. The Bertz CT molecular complexity index is 683. The van der Waals surface area contributed by atoms with Crippen LogP contribution in [0, 0.1) is 0 Å². The van der Waals surface area contributed by atoms with E-state index in [1.54, 1.807) is 6.20 Å². The molecule has 7 heteroatoms. The molecule has 0 radical (unpaired) electrons. The van der Waals surface area contributed by atoms with Crippen LogP contribution in [0.15, 0.2) is 35.1 Å². The third kappa shape index (κ3) is 1.81. The molecule has 0 bridgehead atoms. The SMILES string of the molecule is O=C(O)Cc1nc(-c2cn3ccccc3n2)no1. The maximum Gasteiger partial charge on any atom is 0.312 e. The molecule has 0 amide bonds. The molecule has 0 saturated heterocycles. The van der Waals surface area contributed by atoms with Gasteiger partial charge in [-0.05, 0) is 12.1 Å². The van der Waals surface area contributed by atoms with Gasteiger partial charge in [0.2, 0.25) is 11.7 Å². The third-order valence-electron chi connectivity index (χ3n) is 2.36. The second-order valence-electron chi connectivity index (χ2n) is 3.67. The monoisotopic (exact) mass is 244 g/mol. The van der Waals surface area contributed by atoms with Gasteiger partial charge >= 0.3 is 5.97 Å². The predicted molar refractivity (Wildman–Crippen MR) is 59.8 cm³/mol. The van der Waals surface area contributed by atoms with Crippen molar-refractivity contribution < 1.29 is 14.4 Å². The van der Waals surface area contributed by atoms with E-state index in [1.807, 2.05) is 28.8 Å². The second kappa shape index (κ2) is 3.95. The normalized spacial score (nSPS) is 10.9. The number of hydrogen-bond acceptors (Lipinski definition) is 5. The van der Waals surface area contributed by atoms with Crippen molar-refractivity contribution in [2.24, 2.45) is 0 Å². The van der Waals surface area contributed by atoms with Crippen molar-refractivity contribution in [3.63, 3.8) is 0 Å². The number of nitrogens with zero attached hydrogens (tertiary/aromatic N) is 4. The molecule has 0 saturated carbocycles. The molecule has 3 heterocycles. The minimum atomic E-state index is -1.01. The molecule has 0 atom stereocenters. The maximum atomic E-state index is 10.5. The quantitative estimate of drug-likeness (QED) is 0.739. The highest BCUT2D eigenvalue weighted by Crippen LogP contribution is 2.15. The zero-order valence-corrected chi connectivity index (χ0v) is 9.15. The average molecular weight is 244 g/mol. The number of carboxylic acid groups (broad SMARTS) is 1. The summed E-state index contributed by atoms with van der Waals surface area (Å²) >= 11 is 0. The summed E-state index contributed by atoms with van der Waals surface area (Å²) in [5, 5.41) is 12.3. The first-order valence-corrected chi connectivity index (χ1v) is 5.21.